The van der Waals surface area contributed by atoms with Gasteiger partial charge in [-0.3, -0.25) is 0 Å². The summed E-state index contributed by atoms with van der Waals surface area (Å²) >= 11 is 0. The van der Waals surface area contributed by atoms with E-state index < -0.39 is 6.17 Å². The Morgan fingerprint density at radius 3 is 1.94 bits per heavy atom. The zero-order chi connectivity index (χ0) is 23.7. The molecule has 1 aromatic heterocycles. The maximum Gasteiger partial charge on any atom is 0.159 e. The average molecular weight is 457 g/mol. The van der Waals surface area contributed by atoms with Crippen molar-refractivity contribution in [3.05, 3.63) is 42.2 Å². The number of unbranched alkanes of at least 4 members (excludes halogenated alkanes) is 9. The number of halogens is 1. The first-order valence-electron chi connectivity index (χ1n) is 13.3. The average Bonchev–Trinajstić information content (AvgIpc) is 2.84. The summed E-state index contributed by atoms with van der Waals surface area (Å²) in [5.41, 5.74) is 2.36. The van der Waals surface area contributed by atoms with E-state index in [1.807, 2.05) is 6.92 Å². The Bertz CT molecular complexity index is 732. The summed E-state index contributed by atoms with van der Waals surface area (Å²) in [6.07, 6.45) is 19.0. The molecule has 0 aliphatic rings. The smallest absolute Gasteiger partial charge is 0.159 e. The molecule has 0 radical (unpaired) electrons. The Hall–Kier alpha value is -1.97. The number of aromatic nitrogens is 2. The van der Waals surface area contributed by atoms with Gasteiger partial charge in [-0.25, -0.2) is 14.4 Å². The number of ether oxygens (including phenoxy) is 1. The van der Waals surface area contributed by atoms with Crippen molar-refractivity contribution in [2.24, 2.45) is 5.92 Å². The Labute approximate surface area is 201 Å². The minimum atomic E-state index is -0.965. The third-order valence-corrected chi connectivity index (χ3v) is 6.43. The fourth-order valence-corrected chi connectivity index (χ4v) is 4.15. The lowest BCUT2D eigenvalue weighted by atomic mass is 10.0. The van der Waals surface area contributed by atoms with E-state index in [9.17, 15) is 4.39 Å². The number of rotatable bonds is 18. The van der Waals surface area contributed by atoms with E-state index in [1.54, 1.807) is 12.4 Å². The summed E-state index contributed by atoms with van der Waals surface area (Å²) in [7, 11) is 0. The number of aryl methyl sites for hydroxylation is 1. The second-order valence-electron chi connectivity index (χ2n) is 9.46. The van der Waals surface area contributed by atoms with Crippen LogP contribution in [0.5, 0.6) is 5.75 Å². The van der Waals surface area contributed by atoms with Crippen LogP contribution in [0.1, 0.15) is 103 Å². The Morgan fingerprint density at radius 1 is 0.788 bits per heavy atom. The molecule has 0 saturated carbocycles. The second kappa shape index (κ2) is 16.6. The van der Waals surface area contributed by atoms with E-state index in [0.717, 1.165) is 24.8 Å². The summed E-state index contributed by atoms with van der Waals surface area (Å²) in [6, 6.07) is 8.54. The third-order valence-electron chi connectivity index (χ3n) is 6.43. The molecule has 0 N–H and O–H groups in total. The van der Waals surface area contributed by atoms with E-state index in [-0.39, 0.29) is 12.5 Å². The first-order chi connectivity index (χ1) is 16.1. The van der Waals surface area contributed by atoms with Gasteiger partial charge in [0, 0.05) is 5.56 Å². The van der Waals surface area contributed by atoms with Crippen molar-refractivity contribution in [1.29, 1.82) is 0 Å². The molecule has 0 fully saturated rings. The Balaban J connectivity index is 1.65. The monoisotopic (exact) mass is 456 g/mol. The fourth-order valence-electron chi connectivity index (χ4n) is 4.15. The van der Waals surface area contributed by atoms with E-state index >= 15 is 0 Å². The van der Waals surface area contributed by atoms with Gasteiger partial charge in [0.25, 0.3) is 0 Å². The van der Waals surface area contributed by atoms with E-state index in [2.05, 4.69) is 48.1 Å². The Kier molecular flexibility index (Phi) is 13.7. The predicted octanol–water partition coefficient (Wildman–Crippen LogP) is 8.76. The normalized spacial score (nSPS) is 13.1. The van der Waals surface area contributed by atoms with Crippen LogP contribution in [0.3, 0.4) is 0 Å². The molecule has 33 heavy (non-hydrogen) atoms. The fraction of sp³-hybridized carbons (Fsp3) is 0.655. The van der Waals surface area contributed by atoms with Crippen LogP contribution in [-0.2, 0) is 6.42 Å². The van der Waals surface area contributed by atoms with Crippen LogP contribution in [0, 0.1) is 5.92 Å². The highest BCUT2D eigenvalue weighted by molar-refractivity contribution is 5.55. The van der Waals surface area contributed by atoms with Crippen LogP contribution in [-0.4, -0.2) is 22.7 Å². The lowest BCUT2D eigenvalue weighted by molar-refractivity contribution is 0.142. The van der Waals surface area contributed by atoms with Crippen molar-refractivity contribution < 1.29 is 9.13 Å². The first kappa shape index (κ1) is 27.3. The van der Waals surface area contributed by atoms with E-state index in [4.69, 9.17) is 4.74 Å². The lowest BCUT2D eigenvalue weighted by Crippen LogP contribution is -2.21. The van der Waals surface area contributed by atoms with Crippen LogP contribution in [0.15, 0.2) is 36.7 Å². The highest BCUT2D eigenvalue weighted by Crippen LogP contribution is 2.20. The zero-order valence-electron chi connectivity index (χ0n) is 21.2. The van der Waals surface area contributed by atoms with Gasteiger partial charge in [0.2, 0.25) is 0 Å². The third kappa shape index (κ3) is 11.1. The topological polar surface area (TPSA) is 35.0 Å². The molecule has 184 valence electrons. The molecule has 3 nitrogen and oxygen atoms in total. The van der Waals surface area contributed by atoms with Crippen molar-refractivity contribution in [3.63, 3.8) is 0 Å². The van der Waals surface area contributed by atoms with Crippen molar-refractivity contribution >= 4 is 0 Å². The molecule has 0 amide bonds. The van der Waals surface area contributed by atoms with Crippen molar-refractivity contribution in [3.8, 4) is 17.1 Å². The van der Waals surface area contributed by atoms with Crippen molar-refractivity contribution in [1.82, 2.24) is 9.97 Å². The molecule has 0 aliphatic carbocycles. The molecule has 0 bridgehead atoms. The highest BCUT2D eigenvalue weighted by Gasteiger charge is 2.16. The standard InChI is InChI=1S/C29H45FN2O/c1-4-6-7-8-9-10-11-12-13-14-16-25-17-19-26(20-18-25)29-31-21-27(22-32-29)33-23-28(30)24(3)15-5-2/h17-22,24,28H,4-16,23H2,1-3H3. The van der Waals surface area contributed by atoms with E-state index in [1.165, 1.54) is 69.8 Å². The highest BCUT2D eigenvalue weighted by atomic mass is 19.1. The molecule has 2 aromatic rings. The van der Waals surface area contributed by atoms with Gasteiger partial charge >= 0.3 is 0 Å². The summed E-state index contributed by atoms with van der Waals surface area (Å²) in [6.45, 7) is 6.32. The van der Waals surface area contributed by atoms with Crippen LogP contribution in [0.4, 0.5) is 4.39 Å². The van der Waals surface area contributed by atoms with Crippen LogP contribution < -0.4 is 4.74 Å². The number of hydrogen-bond acceptors (Lipinski definition) is 3. The van der Waals surface area contributed by atoms with E-state index in [0.29, 0.717) is 11.6 Å². The minimum absolute atomic E-state index is 0.00836. The quantitative estimate of drug-likeness (QED) is 0.210. The van der Waals surface area contributed by atoms with Gasteiger partial charge in [0.05, 0.1) is 12.4 Å². The van der Waals surface area contributed by atoms with Gasteiger partial charge < -0.3 is 4.74 Å². The number of hydrogen-bond donors (Lipinski definition) is 0. The largest absolute Gasteiger partial charge is 0.487 e. The molecule has 4 heteroatoms. The molecule has 0 saturated heterocycles. The summed E-state index contributed by atoms with van der Waals surface area (Å²) in [5, 5.41) is 0. The molecule has 1 heterocycles. The maximum atomic E-state index is 14.1. The summed E-state index contributed by atoms with van der Waals surface area (Å²) < 4.78 is 19.6. The first-order valence-corrected chi connectivity index (χ1v) is 13.3. The second-order valence-corrected chi connectivity index (χ2v) is 9.46. The molecule has 0 spiro atoms. The lowest BCUT2D eigenvalue weighted by Gasteiger charge is -2.16. The summed E-state index contributed by atoms with van der Waals surface area (Å²) in [4.78, 5) is 8.81. The molecule has 2 atom stereocenters. The maximum absolute atomic E-state index is 14.1. The molecule has 2 rings (SSSR count). The van der Waals surface area contributed by atoms with Crippen LogP contribution in [0.25, 0.3) is 11.4 Å². The van der Waals surface area contributed by atoms with Gasteiger partial charge in [-0.05, 0) is 30.7 Å². The molecule has 1 aromatic carbocycles. The Morgan fingerprint density at radius 2 is 1.36 bits per heavy atom. The van der Waals surface area contributed by atoms with Crippen molar-refractivity contribution in [2.45, 2.75) is 110 Å². The van der Waals surface area contributed by atoms with Crippen LogP contribution in [0.2, 0.25) is 0 Å². The van der Waals surface area contributed by atoms with Crippen LogP contribution >= 0.6 is 0 Å². The molecule has 0 aliphatic heterocycles. The molecular formula is C29H45FN2O. The van der Waals surface area contributed by atoms with Gasteiger partial charge in [-0.2, -0.15) is 0 Å². The number of nitrogens with zero attached hydrogens (tertiary/aromatic N) is 2. The molecule has 2 unspecified atom stereocenters. The molecular weight excluding hydrogens is 411 g/mol. The van der Waals surface area contributed by atoms with Crippen molar-refractivity contribution in [2.75, 3.05) is 6.61 Å². The van der Waals surface area contributed by atoms with Gasteiger partial charge in [-0.1, -0.05) is 109 Å². The SMILES string of the molecule is CCCCCCCCCCCCc1ccc(-c2ncc(OCC(F)C(C)CCC)cn2)cc1. The predicted molar refractivity (Wildman–Crippen MR) is 137 cm³/mol. The summed E-state index contributed by atoms with van der Waals surface area (Å²) in [5.74, 6) is 1.20. The van der Waals surface area contributed by atoms with Gasteiger partial charge in [-0.15, -0.1) is 0 Å². The number of alkyl halides is 1. The minimum Gasteiger partial charge on any atom is -0.487 e. The number of benzene rings is 1. The van der Waals surface area contributed by atoms with Gasteiger partial charge in [0.1, 0.15) is 12.8 Å². The zero-order valence-corrected chi connectivity index (χ0v) is 21.2. The van der Waals surface area contributed by atoms with Gasteiger partial charge in [0.15, 0.2) is 11.6 Å².